The Balaban J connectivity index is 3.12. The van der Waals surface area contributed by atoms with Crippen LogP contribution in [0.25, 0.3) is 0 Å². The van der Waals surface area contributed by atoms with Crippen LogP contribution >= 0.6 is 0 Å². The molecular weight excluding hydrogens is 448 g/mol. The molecule has 0 radical (unpaired) electrons. The second-order valence-electron chi connectivity index (χ2n) is 8.23. The van der Waals surface area contributed by atoms with Gasteiger partial charge in [-0.05, 0) is 17.9 Å². The van der Waals surface area contributed by atoms with Gasteiger partial charge in [0.15, 0.2) is 0 Å². The van der Waals surface area contributed by atoms with Gasteiger partial charge in [0.2, 0.25) is 17.7 Å². The molecule has 4 unspecified atom stereocenters. The van der Waals surface area contributed by atoms with Gasteiger partial charge in [0, 0.05) is 6.42 Å². The van der Waals surface area contributed by atoms with E-state index in [0.29, 0.717) is 5.56 Å². The number of benzene rings is 1. The van der Waals surface area contributed by atoms with Crippen molar-refractivity contribution in [3.8, 4) is 0 Å². The number of amides is 3. The maximum absolute atomic E-state index is 13.0. The molecule has 34 heavy (non-hydrogen) atoms. The van der Waals surface area contributed by atoms with Gasteiger partial charge < -0.3 is 37.0 Å². The first-order valence-corrected chi connectivity index (χ1v) is 10.7. The van der Waals surface area contributed by atoms with Gasteiger partial charge in [-0.2, -0.15) is 0 Å². The largest absolute Gasteiger partial charge is 0.481 e. The summed E-state index contributed by atoms with van der Waals surface area (Å²) in [6.07, 6.45) is -0.666. The van der Waals surface area contributed by atoms with Crippen LogP contribution in [0.4, 0.5) is 0 Å². The van der Waals surface area contributed by atoms with Crippen LogP contribution in [0.2, 0.25) is 0 Å². The van der Waals surface area contributed by atoms with Crippen molar-refractivity contribution in [2.45, 2.75) is 57.3 Å². The van der Waals surface area contributed by atoms with E-state index in [1.54, 1.807) is 44.2 Å². The number of aliphatic hydroxyl groups is 1. The average Bonchev–Trinajstić information content (AvgIpc) is 2.76. The molecule has 12 nitrogen and oxygen atoms in total. The van der Waals surface area contributed by atoms with E-state index in [1.165, 1.54) is 0 Å². The molecule has 0 heterocycles. The molecule has 0 aliphatic heterocycles. The number of hydrogen-bond donors (Lipinski definition) is 7. The number of aliphatic hydroxyl groups excluding tert-OH is 1. The highest BCUT2D eigenvalue weighted by Gasteiger charge is 2.31. The van der Waals surface area contributed by atoms with Crippen molar-refractivity contribution in [1.29, 1.82) is 0 Å². The van der Waals surface area contributed by atoms with E-state index in [9.17, 15) is 29.1 Å². The van der Waals surface area contributed by atoms with E-state index < -0.39 is 66.9 Å². The second-order valence-corrected chi connectivity index (χ2v) is 8.23. The minimum absolute atomic E-state index is 0.0175. The number of carboxylic acid groups (broad SMARTS) is 2. The summed E-state index contributed by atoms with van der Waals surface area (Å²) in [5.74, 6) is -5.37. The van der Waals surface area contributed by atoms with E-state index in [4.69, 9.17) is 15.9 Å². The Hall–Kier alpha value is -3.51. The lowest BCUT2D eigenvalue weighted by molar-refractivity contribution is -0.143. The number of carbonyl (C=O) groups is 5. The molecule has 0 aromatic heterocycles. The molecule has 1 aromatic rings. The maximum Gasteiger partial charge on any atom is 0.326 e. The van der Waals surface area contributed by atoms with Gasteiger partial charge in [-0.1, -0.05) is 44.2 Å². The van der Waals surface area contributed by atoms with E-state index >= 15 is 0 Å². The third kappa shape index (κ3) is 9.96. The highest BCUT2D eigenvalue weighted by Crippen LogP contribution is 2.08. The number of carbonyl (C=O) groups excluding carboxylic acids is 3. The number of nitrogens with one attached hydrogen (secondary N) is 3. The average molecular weight is 481 g/mol. The fourth-order valence-corrected chi connectivity index (χ4v) is 3.04. The predicted octanol–water partition coefficient (Wildman–Crippen LogP) is -1.39. The Morgan fingerprint density at radius 1 is 0.853 bits per heavy atom. The number of carboxylic acids is 2. The van der Waals surface area contributed by atoms with Gasteiger partial charge >= 0.3 is 11.9 Å². The van der Waals surface area contributed by atoms with Gasteiger partial charge in [-0.3, -0.25) is 19.2 Å². The van der Waals surface area contributed by atoms with Crippen molar-refractivity contribution in [3.05, 3.63) is 35.9 Å². The number of hydrogen-bond acceptors (Lipinski definition) is 7. The fourth-order valence-electron chi connectivity index (χ4n) is 3.04. The van der Waals surface area contributed by atoms with Crippen LogP contribution in [0.3, 0.4) is 0 Å². The van der Waals surface area contributed by atoms with Crippen molar-refractivity contribution < 1.29 is 39.3 Å². The molecule has 0 aliphatic rings. The molecule has 12 heteroatoms. The molecule has 0 fully saturated rings. The quantitative estimate of drug-likeness (QED) is 0.167. The van der Waals surface area contributed by atoms with Crippen LogP contribution < -0.4 is 21.7 Å². The van der Waals surface area contributed by atoms with Crippen LogP contribution in [0.1, 0.15) is 32.3 Å². The van der Waals surface area contributed by atoms with Crippen molar-refractivity contribution in [1.82, 2.24) is 16.0 Å². The summed E-state index contributed by atoms with van der Waals surface area (Å²) in [4.78, 5) is 60.6. The van der Waals surface area contributed by atoms with Crippen LogP contribution in [0.15, 0.2) is 30.3 Å². The first-order valence-electron chi connectivity index (χ1n) is 10.7. The number of nitrogens with two attached hydrogens (primary N) is 1. The Bertz CT molecular complexity index is 862. The smallest absolute Gasteiger partial charge is 0.326 e. The highest BCUT2D eigenvalue weighted by atomic mass is 16.4. The molecule has 0 saturated heterocycles. The van der Waals surface area contributed by atoms with Gasteiger partial charge in [0.1, 0.15) is 24.2 Å². The van der Waals surface area contributed by atoms with Crippen molar-refractivity contribution >= 4 is 29.7 Å². The molecule has 0 aliphatic carbocycles. The minimum Gasteiger partial charge on any atom is -0.481 e. The summed E-state index contributed by atoms with van der Waals surface area (Å²) in [5, 5.41) is 34.5. The van der Waals surface area contributed by atoms with E-state index in [1.807, 2.05) is 0 Å². The van der Waals surface area contributed by atoms with Crippen LogP contribution in [-0.4, -0.2) is 75.8 Å². The zero-order chi connectivity index (χ0) is 25.8. The van der Waals surface area contributed by atoms with Gasteiger partial charge in [-0.15, -0.1) is 0 Å². The molecule has 0 spiro atoms. The highest BCUT2D eigenvalue weighted by molar-refractivity contribution is 5.95. The minimum atomic E-state index is -1.58. The van der Waals surface area contributed by atoms with Crippen molar-refractivity contribution in [2.75, 3.05) is 6.61 Å². The molecule has 1 rings (SSSR count). The molecule has 188 valence electrons. The zero-order valence-electron chi connectivity index (χ0n) is 19.1. The third-order valence-corrected chi connectivity index (χ3v) is 4.78. The number of rotatable bonds is 14. The van der Waals surface area contributed by atoms with Gasteiger partial charge in [0.25, 0.3) is 0 Å². The van der Waals surface area contributed by atoms with Gasteiger partial charge in [-0.25, -0.2) is 4.79 Å². The molecule has 8 N–H and O–H groups in total. The topological polar surface area (TPSA) is 208 Å². The Kier molecular flexibility index (Phi) is 11.7. The first-order chi connectivity index (χ1) is 15.9. The lowest BCUT2D eigenvalue weighted by atomic mass is 10.0. The third-order valence-electron chi connectivity index (χ3n) is 4.78. The van der Waals surface area contributed by atoms with E-state index in [-0.39, 0.29) is 18.8 Å². The van der Waals surface area contributed by atoms with Gasteiger partial charge in [0.05, 0.1) is 13.0 Å². The lowest BCUT2D eigenvalue weighted by Gasteiger charge is -2.25. The Labute approximate surface area is 196 Å². The summed E-state index contributed by atoms with van der Waals surface area (Å²) in [5.41, 5.74) is 6.06. The van der Waals surface area contributed by atoms with Crippen molar-refractivity contribution in [2.24, 2.45) is 11.7 Å². The summed E-state index contributed by atoms with van der Waals surface area (Å²) >= 11 is 0. The molecular formula is C22H32N4O8. The molecule has 4 atom stereocenters. The van der Waals surface area contributed by atoms with Crippen LogP contribution in [0, 0.1) is 5.92 Å². The summed E-state index contributed by atoms with van der Waals surface area (Å²) in [6.45, 7) is 2.86. The van der Waals surface area contributed by atoms with Crippen molar-refractivity contribution in [3.63, 3.8) is 0 Å². The molecule has 0 saturated carbocycles. The standard InChI is InChI=1S/C22H32N4O8/c1-12(2)8-17(22(33)34)26-20(31)15(9-13-6-4-3-5-7-13)25-21(32)16(10-18(28)29)24-19(30)14(23)11-27/h3-7,12,14-17,27H,8-11,23H2,1-2H3,(H,24,30)(H,25,32)(H,26,31)(H,28,29)(H,33,34). The summed E-state index contributed by atoms with van der Waals surface area (Å²) in [7, 11) is 0. The van der Waals surface area contributed by atoms with E-state index in [0.717, 1.165) is 0 Å². The Morgan fingerprint density at radius 2 is 1.38 bits per heavy atom. The molecule has 1 aromatic carbocycles. The lowest BCUT2D eigenvalue weighted by Crippen LogP contribution is -2.58. The monoisotopic (exact) mass is 480 g/mol. The Morgan fingerprint density at radius 3 is 1.88 bits per heavy atom. The summed E-state index contributed by atoms with van der Waals surface area (Å²) in [6, 6.07) is 3.17. The van der Waals surface area contributed by atoms with Crippen LogP contribution in [0.5, 0.6) is 0 Å². The fraction of sp³-hybridized carbons (Fsp3) is 0.500. The van der Waals surface area contributed by atoms with E-state index in [2.05, 4.69) is 16.0 Å². The second kappa shape index (κ2) is 13.9. The first kappa shape index (κ1) is 28.5. The number of aliphatic carboxylic acids is 2. The molecule has 3 amide bonds. The maximum atomic E-state index is 13.0. The zero-order valence-corrected chi connectivity index (χ0v) is 19.1. The predicted molar refractivity (Wildman–Crippen MR) is 120 cm³/mol. The SMILES string of the molecule is CC(C)CC(NC(=O)C(Cc1ccccc1)NC(=O)C(CC(=O)O)NC(=O)C(N)CO)C(=O)O. The van der Waals surface area contributed by atoms with Crippen LogP contribution in [-0.2, 0) is 30.4 Å². The molecule has 0 bridgehead atoms. The normalized spacial score (nSPS) is 14.4. The summed E-state index contributed by atoms with van der Waals surface area (Å²) < 4.78 is 0.